The van der Waals surface area contributed by atoms with Crippen LogP contribution in [0.2, 0.25) is 0 Å². The summed E-state index contributed by atoms with van der Waals surface area (Å²) < 4.78 is 7.16. The van der Waals surface area contributed by atoms with Crippen molar-refractivity contribution in [2.24, 2.45) is 0 Å². The summed E-state index contributed by atoms with van der Waals surface area (Å²) in [4.78, 5) is 14.5. The quantitative estimate of drug-likeness (QED) is 0.772. The molecular weight excluding hydrogens is 340 g/mol. The number of nitrogens with zero attached hydrogens (tertiary/aromatic N) is 3. The molecule has 0 fully saturated rings. The molecule has 0 radical (unpaired) electrons. The molecule has 1 N–H and O–H groups in total. The molecule has 27 heavy (non-hydrogen) atoms. The Hall–Kier alpha value is -3.28. The molecule has 138 valence electrons. The van der Waals surface area contributed by atoms with E-state index >= 15 is 0 Å². The molecule has 0 atom stereocenters. The first kappa shape index (κ1) is 17.1. The Morgan fingerprint density at radius 3 is 2.78 bits per heavy atom. The van der Waals surface area contributed by atoms with Crippen LogP contribution in [-0.2, 0) is 19.5 Å². The predicted molar refractivity (Wildman–Crippen MR) is 104 cm³/mol. The third kappa shape index (κ3) is 3.95. The average Bonchev–Trinajstić information content (AvgIpc) is 3.21. The van der Waals surface area contributed by atoms with E-state index < -0.39 is 0 Å². The van der Waals surface area contributed by atoms with Gasteiger partial charge in [-0.05, 0) is 53.4 Å². The number of benzene rings is 2. The molecule has 0 spiro atoms. The van der Waals surface area contributed by atoms with Gasteiger partial charge < -0.3 is 15.0 Å². The van der Waals surface area contributed by atoms with Crippen molar-refractivity contribution in [2.75, 3.05) is 19.0 Å². The predicted octanol–water partition coefficient (Wildman–Crippen LogP) is 3.53. The van der Waals surface area contributed by atoms with Crippen molar-refractivity contribution in [1.29, 1.82) is 0 Å². The molecule has 4 rings (SSSR count). The number of methoxy groups -OCH3 is 1. The summed E-state index contributed by atoms with van der Waals surface area (Å²) in [6, 6.07) is 15.8. The fourth-order valence-corrected chi connectivity index (χ4v) is 3.31. The van der Waals surface area contributed by atoms with Gasteiger partial charge in [0.25, 0.3) is 0 Å². The lowest BCUT2D eigenvalue weighted by molar-refractivity contribution is 0.206. The highest BCUT2D eigenvalue weighted by Crippen LogP contribution is 2.24. The number of rotatable bonds is 4. The van der Waals surface area contributed by atoms with Crippen molar-refractivity contribution < 1.29 is 9.53 Å². The Labute approximate surface area is 158 Å². The van der Waals surface area contributed by atoms with Gasteiger partial charge in [0, 0.05) is 31.2 Å². The summed E-state index contributed by atoms with van der Waals surface area (Å²) in [5.41, 5.74) is 4.35. The van der Waals surface area contributed by atoms with E-state index in [1.165, 1.54) is 5.56 Å². The van der Waals surface area contributed by atoms with Crippen molar-refractivity contribution in [2.45, 2.75) is 19.5 Å². The highest BCUT2D eigenvalue weighted by Gasteiger charge is 2.21. The summed E-state index contributed by atoms with van der Waals surface area (Å²) in [6.45, 7) is 2.02. The van der Waals surface area contributed by atoms with Gasteiger partial charge in [-0.25, -0.2) is 4.79 Å². The Morgan fingerprint density at radius 1 is 1.19 bits per heavy atom. The van der Waals surface area contributed by atoms with E-state index in [0.29, 0.717) is 19.6 Å². The molecule has 3 aromatic rings. The number of aromatic nitrogens is 2. The first-order chi connectivity index (χ1) is 13.2. The second-order valence-electron chi connectivity index (χ2n) is 6.64. The SMILES string of the molecule is COc1ccc2c(c1)CN(C(=O)Nc1ccc(Cn3cccn3)cc1)CC2. The van der Waals surface area contributed by atoms with Crippen molar-refractivity contribution in [3.63, 3.8) is 0 Å². The van der Waals surface area contributed by atoms with Crippen molar-refractivity contribution in [3.05, 3.63) is 77.6 Å². The normalized spacial score (nSPS) is 13.1. The fourth-order valence-electron chi connectivity index (χ4n) is 3.31. The van der Waals surface area contributed by atoms with Crippen LogP contribution in [0.5, 0.6) is 5.75 Å². The van der Waals surface area contributed by atoms with Crippen LogP contribution in [0.1, 0.15) is 16.7 Å². The minimum Gasteiger partial charge on any atom is -0.497 e. The minimum absolute atomic E-state index is 0.0803. The number of fused-ring (bicyclic) bond motifs is 1. The first-order valence-corrected chi connectivity index (χ1v) is 8.99. The zero-order chi connectivity index (χ0) is 18.6. The lowest BCUT2D eigenvalue weighted by Gasteiger charge is -2.29. The third-order valence-electron chi connectivity index (χ3n) is 4.82. The van der Waals surface area contributed by atoms with E-state index in [-0.39, 0.29) is 6.03 Å². The summed E-state index contributed by atoms with van der Waals surface area (Å²) in [6.07, 6.45) is 4.55. The number of nitrogens with one attached hydrogen (secondary N) is 1. The van der Waals surface area contributed by atoms with Gasteiger partial charge >= 0.3 is 6.03 Å². The van der Waals surface area contributed by atoms with E-state index in [0.717, 1.165) is 29.0 Å². The molecule has 1 aliphatic rings. The summed E-state index contributed by atoms with van der Waals surface area (Å²) >= 11 is 0. The van der Waals surface area contributed by atoms with Crippen LogP contribution >= 0.6 is 0 Å². The molecule has 0 saturated carbocycles. The second kappa shape index (κ2) is 7.53. The summed E-state index contributed by atoms with van der Waals surface area (Å²) in [5, 5.41) is 7.20. The minimum atomic E-state index is -0.0803. The first-order valence-electron chi connectivity index (χ1n) is 8.99. The standard InChI is InChI=1S/C21H22N4O2/c1-27-20-8-5-17-9-12-24(15-18(17)13-20)21(26)23-19-6-3-16(4-7-19)14-25-11-2-10-22-25/h2-8,10-11,13H,9,12,14-15H2,1H3,(H,23,26). The van der Waals surface area contributed by atoms with Gasteiger partial charge in [0.05, 0.1) is 13.7 Å². The highest BCUT2D eigenvalue weighted by molar-refractivity contribution is 5.89. The fraction of sp³-hybridized carbons (Fsp3) is 0.238. The maximum atomic E-state index is 12.6. The van der Waals surface area contributed by atoms with Crippen molar-refractivity contribution >= 4 is 11.7 Å². The lowest BCUT2D eigenvalue weighted by atomic mass is 10.00. The van der Waals surface area contributed by atoms with Gasteiger partial charge in [0.2, 0.25) is 0 Å². The van der Waals surface area contributed by atoms with E-state index in [9.17, 15) is 4.79 Å². The molecule has 1 aliphatic heterocycles. The van der Waals surface area contributed by atoms with Gasteiger partial charge in [0.1, 0.15) is 5.75 Å². The number of hydrogen-bond donors (Lipinski definition) is 1. The van der Waals surface area contributed by atoms with Crippen LogP contribution < -0.4 is 10.1 Å². The zero-order valence-electron chi connectivity index (χ0n) is 15.3. The topological polar surface area (TPSA) is 59.4 Å². The number of carbonyl (C=O) groups excluding carboxylic acids is 1. The molecule has 2 amide bonds. The van der Waals surface area contributed by atoms with Crippen LogP contribution in [0, 0.1) is 0 Å². The van der Waals surface area contributed by atoms with E-state index in [1.807, 2.05) is 58.2 Å². The molecule has 6 nitrogen and oxygen atoms in total. The van der Waals surface area contributed by atoms with E-state index in [2.05, 4.69) is 16.5 Å². The summed E-state index contributed by atoms with van der Waals surface area (Å²) in [7, 11) is 1.66. The molecule has 0 saturated heterocycles. The average molecular weight is 362 g/mol. The largest absolute Gasteiger partial charge is 0.497 e. The molecule has 2 heterocycles. The van der Waals surface area contributed by atoms with Crippen LogP contribution in [0.15, 0.2) is 60.9 Å². The van der Waals surface area contributed by atoms with Crippen molar-refractivity contribution in [1.82, 2.24) is 14.7 Å². The van der Waals surface area contributed by atoms with Crippen molar-refractivity contribution in [3.8, 4) is 5.75 Å². The van der Waals surface area contributed by atoms with Gasteiger partial charge in [-0.1, -0.05) is 18.2 Å². The Bertz CT molecular complexity index is 920. The highest BCUT2D eigenvalue weighted by atomic mass is 16.5. The van der Waals surface area contributed by atoms with Crippen LogP contribution in [0.4, 0.5) is 10.5 Å². The lowest BCUT2D eigenvalue weighted by Crippen LogP contribution is -2.38. The smallest absolute Gasteiger partial charge is 0.322 e. The maximum Gasteiger partial charge on any atom is 0.322 e. The molecule has 1 aromatic heterocycles. The van der Waals surface area contributed by atoms with E-state index in [1.54, 1.807) is 13.3 Å². The number of ether oxygens (including phenoxy) is 1. The van der Waals surface area contributed by atoms with Gasteiger partial charge in [-0.2, -0.15) is 5.10 Å². The number of anilines is 1. The van der Waals surface area contributed by atoms with Gasteiger partial charge in [-0.15, -0.1) is 0 Å². The van der Waals surface area contributed by atoms with Crippen LogP contribution in [0.25, 0.3) is 0 Å². The van der Waals surface area contributed by atoms with Crippen LogP contribution in [-0.4, -0.2) is 34.4 Å². The van der Waals surface area contributed by atoms with Gasteiger partial charge in [-0.3, -0.25) is 4.68 Å². The second-order valence-corrected chi connectivity index (χ2v) is 6.64. The number of urea groups is 1. The summed E-state index contributed by atoms with van der Waals surface area (Å²) in [5.74, 6) is 0.823. The number of hydrogen-bond acceptors (Lipinski definition) is 3. The molecule has 0 unspecified atom stereocenters. The Kier molecular flexibility index (Phi) is 4.78. The van der Waals surface area contributed by atoms with Gasteiger partial charge in [0.15, 0.2) is 0 Å². The monoisotopic (exact) mass is 362 g/mol. The zero-order valence-corrected chi connectivity index (χ0v) is 15.3. The molecule has 2 aromatic carbocycles. The van der Waals surface area contributed by atoms with E-state index in [4.69, 9.17) is 4.74 Å². The Balaban J connectivity index is 1.38. The molecule has 0 bridgehead atoms. The Morgan fingerprint density at radius 2 is 2.04 bits per heavy atom. The number of amides is 2. The van der Waals surface area contributed by atoms with Crippen LogP contribution in [0.3, 0.4) is 0 Å². The molecule has 0 aliphatic carbocycles. The maximum absolute atomic E-state index is 12.6. The number of carbonyl (C=O) groups is 1. The third-order valence-corrected chi connectivity index (χ3v) is 4.82. The molecular formula is C21H22N4O2. The molecule has 6 heteroatoms.